The number of nitrogens with zero attached hydrogens (tertiary/aromatic N) is 1. The van der Waals surface area contributed by atoms with E-state index in [1.165, 1.54) is 36.2 Å². The minimum atomic E-state index is -0.561. The van der Waals surface area contributed by atoms with Gasteiger partial charge < -0.3 is 14.5 Å². The van der Waals surface area contributed by atoms with Gasteiger partial charge in [0.1, 0.15) is 13.2 Å². The summed E-state index contributed by atoms with van der Waals surface area (Å²) in [5.74, 6) is -0.923. The number of nitrogens with one attached hydrogen (secondary N) is 1. The predicted molar refractivity (Wildman–Crippen MR) is 104 cm³/mol. The highest BCUT2D eigenvalue weighted by molar-refractivity contribution is 7.99. The van der Waals surface area contributed by atoms with Gasteiger partial charge in [-0.05, 0) is 42.0 Å². The molecule has 1 aromatic heterocycles. The smallest absolute Gasteiger partial charge is 0.325 e. The Hall–Kier alpha value is -3.59. The molecule has 3 rings (SSSR count). The van der Waals surface area contributed by atoms with E-state index in [4.69, 9.17) is 9.15 Å². The highest BCUT2D eigenvalue weighted by Gasteiger charge is 2.11. The molecule has 148 valence electrons. The van der Waals surface area contributed by atoms with E-state index in [9.17, 15) is 19.7 Å². The average molecular weight is 412 g/mol. The first-order valence-corrected chi connectivity index (χ1v) is 9.31. The zero-order valence-corrected chi connectivity index (χ0v) is 15.9. The molecular weight excluding hydrogens is 396 g/mol. The maximum atomic E-state index is 11.8. The number of rotatable bonds is 8. The molecule has 0 aliphatic rings. The first-order chi connectivity index (χ1) is 14.0. The lowest BCUT2D eigenvalue weighted by molar-refractivity contribution is -0.384. The Bertz CT molecular complexity index is 985. The molecule has 0 saturated carbocycles. The number of hydrogen-bond donors (Lipinski definition) is 1. The summed E-state index contributed by atoms with van der Waals surface area (Å²) in [6.07, 6.45) is 1.37. The lowest BCUT2D eigenvalue weighted by atomic mass is 10.2. The van der Waals surface area contributed by atoms with Crippen LogP contribution in [0.5, 0.6) is 0 Å². The Labute approximate surface area is 170 Å². The van der Waals surface area contributed by atoms with Gasteiger partial charge in [0, 0.05) is 21.9 Å². The monoisotopic (exact) mass is 412 g/mol. The first kappa shape index (κ1) is 20.2. The van der Waals surface area contributed by atoms with Crippen molar-refractivity contribution in [1.82, 2.24) is 5.32 Å². The molecule has 9 heteroatoms. The highest BCUT2D eigenvalue weighted by Crippen LogP contribution is 2.29. The van der Waals surface area contributed by atoms with Crippen LogP contribution < -0.4 is 5.32 Å². The second-order valence-corrected chi connectivity index (χ2v) is 6.96. The summed E-state index contributed by atoms with van der Waals surface area (Å²) in [7, 11) is 0. The van der Waals surface area contributed by atoms with Gasteiger partial charge in [-0.25, -0.2) is 0 Å². The van der Waals surface area contributed by atoms with Gasteiger partial charge in [0.25, 0.3) is 11.6 Å². The molecule has 0 saturated heterocycles. The molecule has 0 atom stereocenters. The van der Waals surface area contributed by atoms with Crippen LogP contribution >= 0.6 is 11.8 Å². The normalized spacial score (nSPS) is 10.3. The molecule has 2 aromatic carbocycles. The summed E-state index contributed by atoms with van der Waals surface area (Å²) >= 11 is 1.46. The van der Waals surface area contributed by atoms with Crippen molar-refractivity contribution in [3.8, 4) is 0 Å². The Kier molecular flexibility index (Phi) is 6.64. The second-order valence-electron chi connectivity index (χ2n) is 5.82. The zero-order chi connectivity index (χ0) is 20.6. The van der Waals surface area contributed by atoms with Gasteiger partial charge in [0.05, 0.1) is 11.2 Å². The van der Waals surface area contributed by atoms with Crippen molar-refractivity contribution >= 4 is 29.3 Å². The zero-order valence-electron chi connectivity index (χ0n) is 15.1. The number of nitro benzene ring substituents is 1. The molecule has 0 spiro atoms. The molecule has 3 aromatic rings. The first-order valence-electron chi connectivity index (χ1n) is 8.50. The molecule has 0 bridgehead atoms. The number of benzene rings is 2. The Morgan fingerprint density at radius 2 is 1.69 bits per heavy atom. The number of non-ortho nitro benzene ring substituents is 1. The quantitative estimate of drug-likeness (QED) is 0.340. The number of amides is 1. The molecule has 0 radical (unpaired) electrons. The van der Waals surface area contributed by atoms with E-state index in [-0.39, 0.29) is 24.6 Å². The van der Waals surface area contributed by atoms with Crippen LogP contribution in [0.15, 0.2) is 81.1 Å². The van der Waals surface area contributed by atoms with Crippen LogP contribution in [-0.4, -0.2) is 23.3 Å². The summed E-state index contributed by atoms with van der Waals surface area (Å²) in [6, 6.07) is 16.8. The Morgan fingerprint density at radius 1 is 1.03 bits per heavy atom. The van der Waals surface area contributed by atoms with Crippen molar-refractivity contribution in [3.05, 3.63) is 88.4 Å². The molecular formula is C20H16N2O6S. The summed E-state index contributed by atoms with van der Waals surface area (Å²) < 4.78 is 10.1. The number of hydrogen-bond acceptors (Lipinski definition) is 7. The third kappa shape index (κ3) is 5.94. The topological polar surface area (TPSA) is 112 Å². The second kappa shape index (κ2) is 9.56. The van der Waals surface area contributed by atoms with Crippen molar-refractivity contribution in [1.29, 1.82) is 0 Å². The SMILES string of the molecule is O=C(CNC(=O)c1ccco1)OCc1ccc(Sc2ccc([N+](=O)[O-])cc2)cc1. The number of carbonyl (C=O) groups excluding carboxylic acids is 2. The molecule has 0 unspecified atom stereocenters. The van der Waals surface area contributed by atoms with E-state index in [0.29, 0.717) is 0 Å². The minimum Gasteiger partial charge on any atom is -0.460 e. The van der Waals surface area contributed by atoms with Gasteiger partial charge in [-0.15, -0.1) is 0 Å². The van der Waals surface area contributed by atoms with E-state index < -0.39 is 16.8 Å². The third-order valence-electron chi connectivity index (χ3n) is 3.74. The summed E-state index contributed by atoms with van der Waals surface area (Å²) in [6.45, 7) is -0.175. The lowest BCUT2D eigenvalue weighted by Crippen LogP contribution is -2.30. The molecule has 0 fully saturated rings. The maximum absolute atomic E-state index is 11.8. The van der Waals surface area contributed by atoms with Gasteiger partial charge in [0.2, 0.25) is 0 Å². The highest BCUT2D eigenvalue weighted by atomic mass is 32.2. The summed E-state index contributed by atoms with van der Waals surface area (Å²) in [4.78, 5) is 35.5. The van der Waals surface area contributed by atoms with Crippen molar-refractivity contribution < 1.29 is 23.7 Å². The van der Waals surface area contributed by atoms with Gasteiger partial charge in [-0.2, -0.15) is 0 Å². The van der Waals surface area contributed by atoms with E-state index in [2.05, 4.69) is 5.32 Å². The molecule has 1 N–H and O–H groups in total. The standard InChI is InChI=1S/C20H16N2O6S/c23-19(12-21-20(24)18-2-1-11-27-18)28-13-14-3-7-16(8-4-14)29-17-9-5-15(6-10-17)22(25)26/h1-11H,12-13H2,(H,21,24). The predicted octanol–water partition coefficient (Wildman–Crippen LogP) is 3.81. The van der Waals surface area contributed by atoms with E-state index in [0.717, 1.165) is 15.4 Å². The average Bonchev–Trinajstić information content (AvgIpc) is 3.27. The van der Waals surface area contributed by atoms with Gasteiger partial charge in [-0.1, -0.05) is 23.9 Å². The molecule has 0 aliphatic carbocycles. The molecule has 1 amide bonds. The van der Waals surface area contributed by atoms with Crippen molar-refractivity contribution in [2.24, 2.45) is 0 Å². The lowest BCUT2D eigenvalue weighted by Gasteiger charge is -2.07. The van der Waals surface area contributed by atoms with Crippen LogP contribution in [0.4, 0.5) is 5.69 Å². The summed E-state index contributed by atoms with van der Waals surface area (Å²) in [5, 5.41) is 13.1. The van der Waals surface area contributed by atoms with E-state index >= 15 is 0 Å². The van der Waals surface area contributed by atoms with E-state index in [1.807, 2.05) is 24.3 Å². The van der Waals surface area contributed by atoms with Gasteiger partial charge in [0.15, 0.2) is 5.76 Å². The van der Waals surface area contributed by atoms with Crippen molar-refractivity contribution in [3.63, 3.8) is 0 Å². The van der Waals surface area contributed by atoms with E-state index in [1.54, 1.807) is 18.2 Å². The number of ether oxygens (including phenoxy) is 1. The number of esters is 1. The summed E-state index contributed by atoms with van der Waals surface area (Å²) in [5.41, 5.74) is 0.843. The Balaban J connectivity index is 1.44. The number of carbonyl (C=O) groups is 2. The minimum absolute atomic E-state index is 0.0480. The molecule has 29 heavy (non-hydrogen) atoms. The Morgan fingerprint density at radius 3 is 2.28 bits per heavy atom. The fourth-order valence-corrected chi connectivity index (χ4v) is 3.10. The number of nitro groups is 1. The van der Waals surface area contributed by atoms with Crippen molar-refractivity contribution in [2.75, 3.05) is 6.54 Å². The van der Waals surface area contributed by atoms with Crippen LogP contribution in [0.2, 0.25) is 0 Å². The molecule has 0 aliphatic heterocycles. The van der Waals surface area contributed by atoms with Gasteiger partial charge in [-0.3, -0.25) is 19.7 Å². The molecule has 8 nitrogen and oxygen atoms in total. The van der Waals surface area contributed by atoms with Crippen LogP contribution in [0.1, 0.15) is 16.1 Å². The van der Waals surface area contributed by atoms with Crippen LogP contribution in [0.25, 0.3) is 0 Å². The molecule has 1 heterocycles. The van der Waals surface area contributed by atoms with Crippen LogP contribution in [0.3, 0.4) is 0 Å². The fourth-order valence-electron chi connectivity index (χ4n) is 2.29. The maximum Gasteiger partial charge on any atom is 0.325 e. The van der Waals surface area contributed by atoms with Gasteiger partial charge >= 0.3 is 5.97 Å². The van der Waals surface area contributed by atoms with Crippen LogP contribution in [-0.2, 0) is 16.1 Å². The van der Waals surface area contributed by atoms with Crippen molar-refractivity contribution in [2.45, 2.75) is 16.4 Å². The largest absolute Gasteiger partial charge is 0.460 e. The van der Waals surface area contributed by atoms with Crippen LogP contribution in [0, 0.1) is 10.1 Å². The third-order valence-corrected chi connectivity index (χ3v) is 4.76. The fraction of sp³-hybridized carbons (Fsp3) is 0.100. The number of furan rings is 1.